The zero-order valence-electron chi connectivity index (χ0n) is 10.5. The summed E-state index contributed by atoms with van der Waals surface area (Å²) in [6.07, 6.45) is 7.13. The summed E-state index contributed by atoms with van der Waals surface area (Å²) < 4.78 is 23.1. The van der Waals surface area contributed by atoms with Crippen molar-refractivity contribution in [3.63, 3.8) is 0 Å². The predicted octanol–water partition coefficient (Wildman–Crippen LogP) is 0.704. The molecule has 2 rings (SSSR count). The molecule has 2 saturated carbocycles. The second kappa shape index (κ2) is 4.86. The van der Waals surface area contributed by atoms with Crippen LogP contribution in [-0.2, 0) is 9.84 Å². The van der Waals surface area contributed by atoms with Gasteiger partial charge >= 0.3 is 0 Å². The molecule has 0 bridgehead atoms. The molecular formula is C12H23NO3S. The molecule has 0 heterocycles. The second-order valence-electron chi connectivity index (χ2n) is 5.85. The molecule has 0 aromatic heterocycles. The molecule has 0 aromatic carbocycles. The Morgan fingerprint density at radius 1 is 1.35 bits per heavy atom. The quantitative estimate of drug-likeness (QED) is 0.765. The molecule has 100 valence electrons. The van der Waals surface area contributed by atoms with E-state index in [4.69, 9.17) is 0 Å². The highest BCUT2D eigenvalue weighted by molar-refractivity contribution is 7.91. The molecule has 2 atom stereocenters. The Labute approximate surface area is 104 Å². The smallest absolute Gasteiger partial charge is 0.150 e. The molecule has 17 heavy (non-hydrogen) atoms. The van der Waals surface area contributed by atoms with Gasteiger partial charge in [0.1, 0.15) is 9.84 Å². The average Bonchev–Trinajstić information content (AvgIpc) is 3.06. The summed E-state index contributed by atoms with van der Waals surface area (Å²) in [4.78, 5) is 0. The van der Waals surface area contributed by atoms with E-state index in [1.807, 2.05) is 0 Å². The molecule has 2 unspecified atom stereocenters. The van der Waals surface area contributed by atoms with Gasteiger partial charge in [0.15, 0.2) is 0 Å². The van der Waals surface area contributed by atoms with Gasteiger partial charge in [0.2, 0.25) is 0 Å². The molecule has 2 N–H and O–H groups in total. The SMILES string of the molecule is CS(=O)(=O)C1CCCC(NCC2(CO)CC2)C1. The number of hydrogen-bond donors (Lipinski definition) is 2. The summed E-state index contributed by atoms with van der Waals surface area (Å²) in [5.74, 6) is 0. The van der Waals surface area contributed by atoms with Gasteiger partial charge in [-0.2, -0.15) is 0 Å². The van der Waals surface area contributed by atoms with Crippen molar-refractivity contribution >= 4 is 9.84 Å². The fraction of sp³-hybridized carbons (Fsp3) is 1.00. The van der Waals surface area contributed by atoms with Gasteiger partial charge < -0.3 is 10.4 Å². The van der Waals surface area contributed by atoms with Crippen LogP contribution < -0.4 is 5.32 Å². The Morgan fingerprint density at radius 2 is 2.06 bits per heavy atom. The van der Waals surface area contributed by atoms with Gasteiger partial charge in [0, 0.05) is 30.9 Å². The minimum Gasteiger partial charge on any atom is -0.396 e. The first-order chi connectivity index (χ1) is 7.95. The third-order valence-electron chi connectivity index (χ3n) is 4.29. The van der Waals surface area contributed by atoms with Gasteiger partial charge in [-0.3, -0.25) is 0 Å². The number of aliphatic hydroxyl groups is 1. The number of hydrogen-bond acceptors (Lipinski definition) is 4. The van der Waals surface area contributed by atoms with Crippen molar-refractivity contribution in [1.29, 1.82) is 0 Å². The first kappa shape index (κ1) is 13.3. The van der Waals surface area contributed by atoms with Crippen LogP contribution in [0.5, 0.6) is 0 Å². The van der Waals surface area contributed by atoms with Crippen LogP contribution in [0.4, 0.5) is 0 Å². The van der Waals surface area contributed by atoms with E-state index >= 15 is 0 Å². The second-order valence-corrected chi connectivity index (χ2v) is 8.18. The van der Waals surface area contributed by atoms with Crippen molar-refractivity contribution in [3.8, 4) is 0 Å². The molecule has 5 heteroatoms. The van der Waals surface area contributed by atoms with Gasteiger partial charge in [-0.15, -0.1) is 0 Å². The zero-order chi connectivity index (χ0) is 12.5. The van der Waals surface area contributed by atoms with Crippen LogP contribution in [0.2, 0.25) is 0 Å². The molecule has 4 nitrogen and oxygen atoms in total. The Balaban J connectivity index is 1.82. The maximum atomic E-state index is 11.5. The Kier molecular flexibility index (Phi) is 3.80. The number of sulfone groups is 1. The van der Waals surface area contributed by atoms with Crippen molar-refractivity contribution in [3.05, 3.63) is 0 Å². The lowest BCUT2D eigenvalue weighted by Crippen LogP contribution is -2.41. The zero-order valence-corrected chi connectivity index (χ0v) is 11.3. The summed E-state index contributed by atoms with van der Waals surface area (Å²) in [6, 6.07) is 0.312. The van der Waals surface area contributed by atoms with Gasteiger partial charge in [-0.25, -0.2) is 8.42 Å². The van der Waals surface area contributed by atoms with E-state index in [-0.39, 0.29) is 17.3 Å². The summed E-state index contributed by atoms with van der Waals surface area (Å²) in [5.41, 5.74) is 0.109. The minimum atomic E-state index is -2.89. The van der Waals surface area contributed by atoms with E-state index in [0.29, 0.717) is 6.04 Å². The third kappa shape index (κ3) is 3.42. The topological polar surface area (TPSA) is 66.4 Å². The minimum absolute atomic E-state index is 0.109. The number of rotatable bonds is 5. The summed E-state index contributed by atoms with van der Waals surface area (Å²) >= 11 is 0. The van der Waals surface area contributed by atoms with Crippen molar-refractivity contribution in [2.45, 2.75) is 49.8 Å². The van der Waals surface area contributed by atoms with Crippen LogP contribution in [-0.4, -0.2) is 44.2 Å². The average molecular weight is 261 g/mol. The van der Waals surface area contributed by atoms with Crippen LogP contribution in [0, 0.1) is 5.41 Å². The van der Waals surface area contributed by atoms with Crippen molar-refractivity contribution in [2.75, 3.05) is 19.4 Å². The Morgan fingerprint density at radius 3 is 2.59 bits per heavy atom. The van der Waals surface area contributed by atoms with Crippen LogP contribution in [0.3, 0.4) is 0 Å². The van der Waals surface area contributed by atoms with Gasteiger partial charge in [0.25, 0.3) is 0 Å². The maximum Gasteiger partial charge on any atom is 0.150 e. The molecule has 0 aliphatic heterocycles. The lowest BCUT2D eigenvalue weighted by molar-refractivity contribution is 0.199. The largest absolute Gasteiger partial charge is 0.396 e. The van der Waals surface area contributed by atoms with E-state index in [2.05, 4.69) is 5.32 Å². The van der Waals surface area contributed by atoms with Crippen LogP contribution in [0.1, 0.15) is 38.5 Å². The highest BCUT2D eigenvalue weighted by Crippen LogP contribution is 2.44. The maximum absolute atomic E-state index is 11.5. The lowest BCUT2D eigenvalue weighted by Gasteiger charge is -2.30. The standard InChI is InChI=1S/C12H23NO3S/c1-17(15,16)11-4-2-3-10(7-11)13-8-12(9-14)5-6-12/h10-11,13-14H,2-9H2,1H3. The summed E-state index contributed by atoms with van der Waals surface area (Å²) in [5, 5.41) is 12.5. The summed E-state index contributed by atoms with van der Waals surface area (Å²) in [6.45, 7) is 1.09. The first-order valence-corrected chi connectivity index (χ1v) is 8.44. The molecular weight excluding hydrogens is 238 g/mol. The third-order valence-corrected chi connectivity index (χ3v) is 5.93. The van der Waals surface area contributed by atoms with Gasteiger partial charge in [-0.1, -0.05) is 6.42 Å². The van der Waals surface area contributed by atoms with E-state index in [0.717, 1.165) is 45.1 Å². The van der Waals surface area contributed by atoms with Crippen molar-refractivity contribution in [2.24, 2.45) is 5.41 Å². The fourth-order valence-electron chi connectivity index (χ4n) is 2.65. The monoisotopic (exact) mass is 261 g/mol. The first-order valence-electron chi connectivity index (χ1n) is 6.48. The molecule has 0 aromatic rings. The molecule has 0 spiro atoms. The fourth-order valence-corrected chi connectivity index (χ4v) is 3.82. The van der Waals surface area contributed by atoms with E-state index in [1.165, 1.54) is 6.26 Å². The van der Waals surface area contributed by atoms with Crippen molar-refractivity contribution in [1.82, 2.24) is 5.32 Å². The highest BCUT2D eigenvalue weighted by Gasteiger charge is 2.42. The molecule has 2 aliphatic carbocycles. The van der Waals surface area contributed by atoms with E-state index < -0.39 is 9.84 Å². The number of aliphatic hydroxyl groups excluding tert-OH is 1. The predicted molar refractivity (Wildman–Crippen MR) is 67.6 cm³/mol. The van der Waals surface area contributed by atoms with Gasteiger partial charge in [-0.05, 0) is 32.1 Å². The van der Waals surface area contributed by atoms with E-state index in [9.17, 15) is 13.5 Å². The molecule has 2 aliphatic rings. The molecule has 0 saturated heterocycles. The molecule has 0 radical (unpaired) electrons. The van der Waals surface area contributed by atoms with Crippen molar-refractivity contribution < 1.29 is 13.5 Å². The highest BCUT2D eigenvalue weighted by atomic mass is 32.2. The lowest BCUT2D eigenvalue weighted by atomic mass is 9.94. The molecule has 0 amide bonds. The normalized spacial score (nSPS) is 32.4. The van der Waals surface area contributed by atoms with E-state index in [1.54, 1.807) is 0 Å². The molecule has 2 fully saturated rings. The Hall–Kier alpha value is -0.130. The van der Waals surface area contributed by atoms with Crippen LogP contribution >= 0.6 is 0 Å². The Bertz CT molecular complexity index is 362. The van der Waals surface area contributed by atoms with Crippen LogP contribution in [0.25, 0.3) is 0 Å². The number of nitrogens with one attached hydrogen (secondary N) is 1. The van der Waals surface area contributed by atoms with Crippen LogP contribution in [0.15, 0.2) is 0 Å². The van der Waals surface area contributed by atoms with Gasteiger partial charge in [0.05, 0.1) is 5.25 Å². The summed E-state index contributed by atoms with van der Waals surface area (Å²) in [7, 11) is -2.89.